The zero-order valence-electron chi connectivity index (χ0n) is 10.8. The van der Waals surface area contributed by atoms with Crippen molar-refractivity contribution in [3.8, 4) is 5.88 Å². The van der Waals surface area contributed by atoms with Crippen LogP contribution in [0.4, 0.5) is 10.8 Å². The number of thiazole rings is 1. The van der Waals surface area contributed by atoms with Crippen LogP contribution in [0.2, 0.25) is 0 Å². The molecule has 0 radical (unpaired) electrons. The van der Waals surface area contributed by atoms with Crippen LogP contribution < -0.4 is 10.1 Å². The Morgan fingerprint density at radius 2 is 2.16 bits per heavy atom. The first-order chi connectivity index (χ1) is 9.13. The zero-order valence-corrected chi connectivity index (χ0v) is 11.6. The van der Waals surface area contributed by atoms with Crippen molar-refractivity contribution in [1.29, 1.82) is 0 Å². The van der Waals surface area contributed by atoms with Crippen LogP contribution in [0.15, 0.2) is 18.3 Å². The summed E-state index contributed by atoms with van der Waals surface area (Å²) in [6, 6.07) is 3.56. The monoisotopic (exact) mass is 279 g/mol. The highest BCUT2D eigenvalue weighted by atomic mass is 32.1. The predicted octanol–water partition coefficient (Wildman–Crippen LogP) is 2.39. The van der Waals surface area contributed by atoms with Crippen molar-refractivity contribution in [2.45, 2.75) is 6.92 Å². The number of nitrogens with zero attached hydrogens (tertiary/aromatic N) is 2. The molecule has 0 fully saturated rings. The van der Waals surface area contributed by atoms with Crippen LogP contribution in [0.3, 0.4) is 0 Å². The van der Waals surface area contributed by atoms with Gasteiger partial charge in [0, 0.05) is 10.9 Å². The van der Waals surface area contributed by atoms with Gasteiger partial charge in [0.25, 0.3) is 0 Å². The molecule has 0 saturated carbocycles. The molecule has 19 heavy (non-hydrogen) atoms. The van der Waals surface area contributed by atoms with E-state index in [0.717, 1.165) is 10.6 Å². The summed E-state index contributed by atoms with van der Waals surface area (Å²) in [6.07, 6.45) is 1.63. The minimum Gasteiger partial charge on any atom is -0.481 e. The predicted molar refractivity (Wildman–Crippen MR) is 72.3 cm³/mol. The van der Waals surface area contributed by atoms with Gasteiger partial charge in [0.05, 0.1) is 26.1 Å². The normalized spacial score (nSPS) is 10.1. The summed E-state index contributed by atoms with van der Waals surface area (Å²) >= 11 is 1.38. The van der Waals surface area contributed by atoms with Gasteiger partial charge in [-0.1, -0.05) is 0 Å². The number of hydrogen-bond donors (Lipinski definition) is 1. The molecule has 0 aromatic carbocycles. The first-order valence-corrected chi connectivity index (χ1v) is 6.28. The number of ether oxygens (including phenoxy) is 2. The Labute approximate surface area is 114 Å². The molecule has 2 aromatic heterocycles. The number of carbonyl (C=O) groups is 1. The van der Waals surface area contributed by atoms with E-state index in [-0.39, 0.29) is 0 Å². The van der Waals surface area contributed by atoms with Crippen LogP contribution in [0, 0.1) is 6.92 Å². The van der Waals surface area contributed by atoms with E-state index < -0.39 is 5.97 Å². The lowest BCUT2D eigenvalue weighted by Gasteiger charge is -2.02. The first-order valence-electron chi connectivity index (χ1n) is 5.47. The van der Waals surface area contributed by atoms with Crippen LogP contribution in [-0.2, 0) is 4.74 Å². The number of aryl methyl sites for hydroxylation is 1. The highest BCUT2D eigenvalue weighted by Crippen LogP contribution is 2.26. The number of anilines is 2. The number of hydrogen-bond acceptors (Lipinski definition) is 7. The first kappa shape index (κ1) is 13.3. The molecule has 2 heterocycles. The van der Waals surface area contributed by atoms with Gasteiger partial charge in [0.1, 0.15) is 0 Å². The molecule has 0 aliphatic carbocycles. The smallest absolute Gasteiger partial charge is 0.357 e. The lowest BCUT2D eigenvalue weighted by atomic mass is 10.4. The van der Waals surface area contributed by atoms with Crippen molar-refractivity contribution in [3.63, 3.8) is 0 Å². The van der Waals surface area contributed by atoms with Crippen molar-refractivity contribution in [3.05, 3.63) is 28.9 Å². The number of pyridine rings is 1. The quantitative estimate of drug-likeness (QED) is 0.866. The average molecular weight is 279 g/mol. The topological polar surface area (TPSA) is 73.3 Å². The lowest BCUT2D eigenvalue weighted by molar-refractivity contribution is 0.0594. The number of carbonyl (C=O) groups excluding carboxylic acids is 1. The van der Waals surface area contributed by atoms with Gasteiger partial charge in [0.2, 0.25) is 5.88 Å². The molecule has 0 aliphatic heterocycles. The van der Waals surface area contributed by atoms with E-state index >= 15 is 0 Å². The third kappa shape index (κ3) is 3.00. The lowest BCUT2D eigenvalue weighted by Crippen LogP contribution is -2.03. The van der Waals surface area contributed by atoms with Crippen LogP contribution in [0.1, 0.15) is 15.4 Å². The standard InChI is InChI=1S/C12H13N3O3S/c1-7-10(11(16)18-3)15-12(19-7)14-8-4-5-9(17-2)13-6-8/h4-6H,1-3H3,(H,14,15). The van der Waals surface area contributed by atoms with Crippen LogP contribution >= 0.6 is 11.3 Å². The SMILES string of the molecule is COC(=O)c1nc(Nc2ccc(OC)nc2)sc1C. The van der Waals surface area contributed by atoms with Crippen molar-refractivity contribution >= 4 is 28.1 Å². The molecular formula is C12H13N3O3S. The third-order valence-corrected chi connectivity index (χ3v) is 3.26. The number of aromatic nitrogens is 2. The summed E-state index contributed by atoms with van der Waals surface area (Å²) in [4.78, 5) is 20.5. The summed E-state index contributed by atoms with van der Waals surface area (Å²) in [5, 5.41) is 3.69. The van der Waals surface area contributed by atoms with Crippen molar-refractivity contribution in [2.24, 2.45) is 0 Å². The van der Waals surface area contributed by atoms with Gasteiger partial charge < -0.3 is 14.8 Å². The largest absolute Gasteiger partial charge is 0.481 e. The van der Waals surface area contributed by atoms with E-state index in [0.29, 0.717) is 16.7 Å². The Kier molecular flexibility index (Phi) is 3.96. The molecule has 1 N–H and O–H groups in total. The van der Waals surface area contributed by atoms with Gasteiger partial charge in [0.15, 0.2) is 10.8 Å². The fraction of sp³-hybridized carbons (Fsp3) is 0.250. The van der Waals surface area contributed by atoms with E-state index in [1.165, 1.54) is 18.4 Å². The third-order valence-electron chi connectivity index (χ3n) is 2.37. The minimum atomic E-state index is -0.436. The second-order valence-electron chi connectivity index (χ2n) is 3.63. The maximum Gasteiger partial charge on any atom is 0.357 e. The number of esters is 1. The Morgan fingerprint density at radius 3 is 2.74 bits per heavy atom. The Hall–Kier alpha value is -2.15. The maximum atomic E-state index is 11.4. The van der Waals surface area contributed by atoms with E-state index in [4.69, 9.17) is 4.74 Å². The minimum absolute atomic E-state index is 0.330. The molecule has 6 nitrogen and oxygen atoms in total. The molecule has 0 aliphatic rings. The molecule has 0 bridgehead atoms. The van der Waals surface area contributed by atoms with Crippen molar-refractivity contribution in [2.75, 3.05) is 19.5 Å². The molecule has 0 spiro atoms. The zero-order chi connectivity index (χ0) is 13.8. The number of nitrogens with one attached hydrogen (secondary N) is 1. The molecule has 2 aromatic rings. The van der Waals surface area contributed by atoms with Gasteiger partial charge in [-0.25, -0.2) is 14.8 Å². The number of methoxy groups -OCH3 is 2. The Bertz CT molecular complexity index is 580. The molecule has 0 saturated heterocycles. The van der Waals surface area contributed by atoms with E-state index in [9.17, 15) is 4.79 Å². The van der Waals surface area contributed by atoms with E-state index in [1.54, 1.807) is 19.4 Å². The Balaban J connectivity index is 2.16. The van der Waals surface area contributed by atoms with Crippen LogP contribution in [0.25, 0.3) is 0 Å². The van der Waals surface area contributed by atoms with E-state index in [2.05, 4.69) is 20.0 Å². The highest BCUT2D eigenvalue weighted by Gasteiger charge is 2.15. The van der Waals surface area contributed by atoms with Gasteiger partial charge in [-0.15, -0.1) is 11.3 Å². The molecule has 0 unspecified atom stereocenters. The summed E-state index contributed by atoms with van der Waals surface area (Å²) in [7, 11) is 2.89. The van der Waals surface area contributed by atoms with Gasteiger partial charge >= 0.3 is 5.97 Å². The van der Waals surface area contributed by atoms with Crippen molar-refractivity contribution in [1.82, 2.24) is 9.97 Å². The molecular weight excluding hydrogens is 266 g/mol. The molecule has 2 rings (SSSR count). The second-order valence-corrected chi connectivity index (χ2v) is 4.83. The summed E-state index contributed by atoms with van der Waals surface area (Å²) < 4.78 is 9.64. The highest BCUT2D eigenvalue weighted by molar-refractivity contribution is 7.15. The fourth-order valence-corrected chi connectivity index (χ4v) is 2.26. The fourth-order valence-electron chi connectivity index (χ4n) is 1.43. The van der Waals surface area contributed by atoms with Crippen LogP contribution in [-0.4, -0.2) is 30.2 Å². The van der Waals surface area contributed by atoms with Crippen LogP contribution in [0.5, 0.6) is 5.88 Å². The Morgan fingerprint density at radius 1 is 1.37 bits per heavy atom. The summed E-state index contributed by atoms with van der Waals surface area (Å²) in [5.74, 6) is 0.103. The molecule has 0 atom stereocenters. The summed E-state index contributed by atoms with van der Waals surface area (Å²) in [6.45, 7) is 1.82. The number of rotatable bonds is 4. The van der Waals surface area contributed by atoms with Gasteiger partial charge in [-0.2, -0.15) is 0 Å². The molecule has 100 valence electrons. The summed E-state index contributed by atoms with van der Waals surface area (Å²) in [5.41, 5.74) is 1.10. The van der Waals surface area contributed by atoms with Crippen molar-refractivity contribution < 1.29 is 14.3 Å². The molecule has 0 amide bonds. The maximum absolute atomic E-state index is 11.4. The van der Waals surface area contributed by atoms with E-state index in [1.807, 2.05) is 13.0 Å². The van der Waals surface area contributed by atoms with Gasteiger partial charge in [-0.3, -0.25) is 0 Å². The molecule has 7 heteroatoms. The average Bonchev–Trinajstić information content (AvgIpc) is 2.79. The van der Waals surface area contributed by atoms with Gasteiger partial charge in [-0.05, 0) is 13.0 Å². The second kappa shape index (κ2) is 5.66.